The van der Waals surface area contributed by atoms with Gasteiger partial charge >= 0.3 is 0 Å². The predicted molar refractivity (Wildman–Crippen MR) is 99.0 cm³/mol. The zero-order valence-corrected chi connectivity index (χ0v) is 15.3. The second kappa shape index (κ2) is 6.72. The van der Waals surface area contributed by atoms with Crippen LogP contribution in [-0.4, -0.2) is 25.5 Å². The average molecular weight is 351 g/mol. The molecule has 1 atom stereocenters. The van der Waals surface area contributed by atoms with E-state index in [0.29, 0.717) is 18.9 Å². The Morgan fingerprint density at radius 1 is 1.19 bits per heavy atom. The van der Waals surface area contributed by atoms with E-state index in [1.165, 1.54) is 5.56 Å². The summed E-state index contributed by atoms with van der Waals surface area (Å²) in [5.41, 5.74) is 0.351. The van der Waals surface area contributed by atoms with Gasteiger partial charge in [0.25, 0.3) is 0 Å². The summed E-state index contributed by atoms with van der Waals surface area (Å²) in [6, 6.07) is 14.3. The highest BCUT2D eigenvalue weighted by molar-refractivity contribution is 5.28. The minimum atomic E-state index is -0.837. The smallest absolute Gasteiger partial charge is 0.154 e. The van der Waals surface area contributed by atoms with E-state index in [9.17, 15) is 5.11 Å². The fraction of sp³-hybridized carbons (Fsp3) is 0.429. The van der Waals surface area contributed by atoms with Crippen molar-refractivity contribution in [2.75, 3.05) is 0 Å². The van der Waals surface area contributed by atoms with Crippen LogP contribution in [0.2, 0.25) is 0 Å². The van der Waals surface area contributed by atoms with Gasteiger partial charge in [0.2, 0.25) is 0 Å². The van der Waals surface area contributed by atoms with Gasteiger partial charge in [-0.15, -0.1) is 0 Å². The van der Waals surface area contributed by atoms with Crippen LogP contribution < -0.4 is 0 Å². The first-order chi connectivity index (χ1) is 12.5. The normalized spacial score (nSPS) is 16.0. The lowest BCUT2D eigenvalue weighted by molar-refractivity contribution is 0.0564. The highest BCUT2D eigenvalue weighted by atomic mass is 16.3. The molecule has 26 heavy (non-hydrogen) atoms. The number of aromatic nitrogens is 3. The van der Waals surface area contributed by atoms with Crippen molar-refractivity contribution in [3.05, 3.63) is 71.7 Å². The highest BCUT2D eigenvalue weighted by Gasteiger charge is 2.31. The lowest BCUT2D eigenvalue weighted by Gasteiger charge is -2.20. The summed E-state index contributed by atoms with van der Waals surface area (Å²) in [7, 11) is 0. The first-order valence-electron chi connectivity index (χ1n) is 9.24. The zero-order valence-electron chi connectivity index (χ0n) is 15.3. The molecule has 3 aromatic rings. The van der Waals surface area contributed by atoms with Crippen molar-refractivity contribution in [3.63, 3.8) is 0 Å². The fourth-order valence-corrected chi connectivity index (χ4v) is 3.29. The molecule has 2 aromatic heterocycles. The van der Waals surface area contributed by atoms with Crippen molar-refractivity contribution in [1.29, 1.82) is 0 Å². The van der Waals surface area contributed by atoms with Gasteiger partial charge in [0, 0.05) is 18.3 Å². The van der Waals surface area contributed by atoms with Crippen molar-refractivity contribution >= 4 is 0 Å². The number of aliphatic hydroxyl groups is 1. The molecule has 0 spiro atoms. The molecule has 1 unspecified atom stereocenters. The van der Waals surface area contributed by atoms with Gasteiger partial charge < -0.3 is 9.52 Å². The topological polar surface area (TPSA) is 64.1 Å². The van der Waals surface area contributed by atoms with Gasteiger partial charge in [0.15, 0.2) is 5.82 Å². The molecule has 0 saturated heterocycles. The Morgan fingerprint density at radius 2 is 1.96 bits per heavy atom. The molecule has 1 N–H and O–H groups in total. The Balaban J connectivity index is 1.69. The van der Waals surface area contributed by atoms with Crippen LogP contribution >= 0.6 is 0 Å². The molecule has 1 aliphatic carbocycles. The number of benzene rings is 1. The van der Waals surface area contributed by atoms with E-state index in [4.69, 9.17) is 14.5 Å². The number of hydrogen-bond donors (Lipinski definition) is 1. The second-order valence-corrected chi connectivity index (χ2v) is 7.81. The second-order valence-electron chi connectivity index (χ2n) is 7.81. The van der Waals surface area contributed by atoms with Crippen LogP contribution in [0.3, 0.4) is 0 Å². The number of rotatable bonds is 7. The van der Waals surface area contributed by atoms with E-state index in [-0.39, 0.29) is 5.92 Å². The molecule has 5 nitrogen and oxygen atoms in total. The van der Waals surface area contributed by atoms with E-state index < -0.39 is 5.60 Å². The molecule has 136 valence electrons. The maximum Gasteiger partial charge on any atom is 0.154 e. The number of hydrogen-bond acceptors (Lipinski definition) is 4. The third-order valence-corrected chi connectivity index (χ3v) is 4.72. The first kappa shape index (κ1) is 17.0. The van der Waals surface area contributed by atoms with Crippen LogP contribution in [0.1, 0.15) is 61.5 Å². The summed E-state index contributed by atoms with van der Waals surface area (Å²) >= 11 is 0. The number of nitrogens with zero attached hydrogens (tertiary/aromatic N) is 3. The predicted octanol–water partition coefficient (Wildman–Crippen LogP) is 3.89. The highest BCUT2D eigenvalue weighted by Crippen LogP contribution is 2.38. The zero-order chi connectivity index (χ0) is 18.1. The molecule has 0 bridgehead atoms. The Kier molecular flexibility index (Phi) is 4.41. The lowest BCUT2D eigenvalue weighted by Crippen LogP contribution is -2.28. The molecule has 2 heterocycles. The maximum atomic E-state index is 10.3. The summed E-state index contributed by atoms with van der Waals surface area (Å²) in [6.45, 7) is 4.04. The van der Waals surface area contributed by atoms with Gasteiger partial charge in [-0.25, -0.2) is 9.67 Å². The minimum Gasteiger partial charge on any atom is -0.469 e. The summed E-state index contributed by atoms with van der Waals surface area (Å²) in [5.74, 6) is 3.29. The van der Waals surface area contributed by atoms with Gasteiger partial charge in [-0.1, -0.05) is 30.3 Å². The SMILES string of the molecule is CC(C)(O)Cn1nc(C2CC2)nc1CC(c1ccccc1)c1ccco1. The van der Waals surface area contributed by atoms with Crippen molar-refractivity contribution in [1.82, 2.24) is 14.8 Å². The maximum absolute atomic E-state index is 10.3. The summed E-state index contributed by atoms with van der Waals surface area (Å²) in [4.78, 5) is 4.83. The van der Waals surface area contributed by atoms with Crippen LogP contribution in [0.15, 0.2) is 53.1 Å². The Labute approximate surface area is 153 Å². The molecule has 0 amide bonds. The van der Waals surface area contributed by atoms with Crippen LogP contribution in [0.5, 0.6) is 0 Å². The van der Waals surface area contributed by atoms with E-state index in [1.807, 2.05) is 35.0 Å². The van der Waals surface area contributed by atoms with Gasteiger partial charge in [-0.2, -0.15) is 5.10 Å². The molecule has 1 fully saturated rings. The molecular weight excluding hydrogens is 326 g/mol. The molecule has 1 aromatic carbocycles. The van der Waals surface area contributed by atoms with Crippen LogP contribution in [0.25, 0.3) is 0 Å². The van der Waals surface area contributed by atoms with Crippen LogP contribution in [0, 0.1) is 0 Å². The van der Waals surface area contributed by atoms with Crippen molar-refractivity contribution in [2.45, 2.75) is 57.1 Å². The van der Waals surface area contributed by atoms with Crippen molar-refractivity contribution < 1.29 is 9.52 Å². The first-order valence-corrected chi connectivity index (χ1v) is 9.24. The van der Waals surface area contributed by atoms with Crippen LogP contribution in [0.4, 0.5) is 0 Å². The molecular formula is C21H25N3O2. The lowest BCUT2D eigenvalue weighted by atomic mass is 9.93. The minimum absolute atomic E-state index is 0.0722. The van der Waals surface area contributed by atoms with E-state index >= 15 is 0 Å². The van der Waals surface area contributed by atoms with Gasteiger partial charge in [-0.3, -0.25) is 0 Å². The molecule has 0 radical (unpaired) electrons. The third kappa shape index (κ3) is 3.88. The Morgan fingerprint density at radius 3 is 2.58 bits per heavy atom. The Hall–Kier alpha value is -2.40. The van der Waals surface area contributed by atoms with E-state index in [2.05, 4.69) is 12.1 Å². The number of furan rings is 1. The Bertz CT molecular complexity index is 843. The largest absolute Gasteiger partial charge is 0.469 e. The van der Waals surface area contributed by atoms with Crippen LogP contribution in [-0.2, 0) is 13.0 Å². The van der Waals surface area contributed by atoms with Crippen molar-refractivity contribution in [2.24, 2.45) is 0 Å². The standard InChI is InChI=1S/C21H25N3O2/c1-21(2,25)14-24-19(22-20(23-24)16-10-11-16)13-17(18-9-6-12-26-18)15-7-4-3-5-8-15/h3-9,12,16-17,25H,10-11,13-14H2,1-2H3. The summed E-state index contributed by atoms with van der Waals surface area (Å²) in [6.07, 6.45) is 4.72. The monoisotopic (exact) mass is 351 g/mol. The molecule has 1 aliphatic rings. The summed E-state index contributed by atoms with van der Waals surface area (Å²) < 4.78 is 7.60. The average Bonchev–Trinajstić information content (AvgIpc) is 3.17. The molecule has 5 heteroatoms. The van der Waals surface area contributed by atoms with Gasteiger partial charge in [0.05, 0.1) is 18.4 Å². The molecule has 1 saturated carbocycles. The van der Waals surface area contributed by atoms with Crippen molar-refractivity contribution in [3.8, 4) is 0 Å². The van der Waals surface area contributed by atoms with Gasteiger partial charge in [0.1, 0.15) is 11.6 Å². The quantitative estimate of drug-likeness (QED) is 0.701. The van der Waals surface area contributed by atoms with E-state index in [0.717, 1.165) is 30.3 Å². The third-order valence-electron chi connectivity index (χ3n) is 4.72. The van der Waals surface area contributed by atoms with E-state index in [1.54, 1.807) is 20.1 Å². The summed E-state index contributed by atoms with van der Waals surface area (Å²) in [5, 5.41) is 15.0. The molecule has 4 rings (SSSR count). The molecule has 0 aliphatic heterocycles. The fourth-order valence-electron chi connectivity index (χ4n) is 3.29. The van der Waals surface area contributed by atoms with Gasteiger partial charge in [-0.05, 0) is 44.4 Å².